The van der Waals surface area contributed by atoms with Gasteiger partial charge in [0.2, 0.25) is 0 Å². The van der Waals surface area contributed by atoms with Crippen LogP contribution in [0.3, 0.4) is 0 Å². The lowest BCUT2D eigenvalue weighted by Crippen LogP contribution is -2.39. The van der Waals surface area contributed by atoms with Gasteiger partial charge in [-0.25, -0.2) is 14.8 Å². The summed E-state index contributed by atoms with van der Waals surface area (Å²) < 4.78 is 10.5. The monoisotopic (exact) mass is 295 g/mol. The predicted octanol–water partition coefficient (Wildman–Crippen LogP) is 2.08. The smallest absolute Gasteiger partial charge is 0.343 e. The number of aromatic nitrogens is 2. The molecule has 118 valence electrons. The Balaban J connectivity index is 3.14. The fourth-order valence-electron chi connectivity index (χ4n) is 1.93. The van der Waals surface area contributed by atoms with Crippen LogP contribution in [0.4, 0.5) is 5.82 Å². The molecule has 0 spiro atoms. The van der Waals surface area contributed by atoms with Crippen molar-refractivity contribution >= 4 is 11.8 Å². The van der Waals surface area contributed by atoms with Crippen LogP contribution >= 0.6 is 0 Å². The van der Waals surface area contributed by atoms with Crippen molar-refractivity contribution in [3.05, 3.63) is 17.6 Å². The molecular weight excluding hydrogens is 270 g/mol. The minimum absolute atomic E-state index is 0.321. The zero-order chi connectivity index (χ0) is 16.0. The predicted molar refractivity (Wildman–Crippen MR) is 81.7 cm³/mol. The minimum Gasteiger partial charge on any atom is -0.462 e. The van der Waals surface area contributed by atoms with Crippen LogP contribution in [0.25, 0.3) is 0 Å². The second-order valence-corrected chi connectivity index (χ2v) is 5.42. The highest BCUT2D eigenvalue weighted by Crippen LogP contribution is 2.20. The zero-order valence-corrected chi connectivity index (χ0v) is 13.8. The van der Waals surface area contributed by atoms with Crippen molar-refractivity contribution in [1.82, 2.24) is 9.97 Å². The molecule has 6 heteroatoms. The summed E-state index contributed by atoms with van der Waals surface area (Å²) in [6.07, 6.45) is 2.24. The average molecular weight is 295 g/mol. The molecule has 0 amide bonds. The Morgan fingerprint density at radius 2 is 2.05 bits per heavy atom. The number of likely N-dealkylation sites (N-methyl/N-ethyl adjacent to an activating group) is 1. The Morgan fingerprint density at radius 1 is 1.38 bits per heavy atom. The molecule has 21 heavy (non-hydrogen) atoms. The highest BCUT2D eigenvalue weighted by Gasteiger charge is 2.24. The molecule has 0 atom stereocenters. The van der Waals surface area contributed by atoms with Gasteiger partial charge in [-0.1, -0.05) is 6.92 Å². The summed E-state index contributed by atoms with van der Waals surface area (Å²) in [5.74, 6) is 0.864. The number of aryl methyl sites for hydroxylation is 1. The van der Waals surface area contributed by atoms with E-state index in [4.69, 9.17) is 9.47 Å². The van der Waals surface area contributed by atoms with E-state index in [0.717, 1.165) is 0 Å². The van der Waals surface area contributed by atoms with Gasteiger partial charge in [0.15, 0.2) is 0 Å². The first-order valence-corrected chi connectivity index (χ1v) is 7.14. The molecule has 0 unspecified atom stereocenters. The van der Waals surface area contributed by atoms with E-state index in [9.17, 15) is 4.79 Å². The Hall–Kier alpha value is -1.69. The van der Waals surface area contributed by atoms with E-state index >= 15 is 0 Å². The normalized spacial score (nSPS) is 11.3. The van der Waals surface area contributed by atoms with E-state index in [1.807, 2.05) is 32.7 Å². The van der Waals surface area contributed by atoms with Crippen LogP contribution in [0.15, 0.2) is 6.20 Å². The number of rotatable bonds is 7. The summed E-state index contributed by atoms with van der Waals surface area (Å²) >= 11 is 0. The van der Waals surface area contributed by atoms with Crippen molar-refractivity contribution < 1.29 is 14.3 Å². The number of esters is 1. The molecule has 0 aliphatic carbocycles. The molecule has 1 aromatic heterocycles. The Labute approximate surface area is 126 Å². The molecule has 1 heterocycles. The molecule has 0 aromatic carbocycles. The number of methoxy groups -OCH3 is 1. The summed E-state index contributed by atoms with van der Waals surface area (Å²) in [5, 5.41) is 0. The van der Waals surface area contributed by atoms with Gasteiger partial charge in [0.1, 0.15) is 17.2 Å². The van der Waals surface area contributed by atoms with Crippen LogP contribution in [0.5, 0.6) is 0 Å². The standard InChI is InChI=1S/C15H25N3O3/c1-7-12-16-9-11(14(19)21-8-2)13(17-12)18(5)10-15(3,4)20-6/h9H,7-8,10H2,1-6H3. The van der Waals surface area contributed by atoms with Crippen molar-refractivity contribution in [2.45, 2.75) is 39.7 Å². The lowest BCUT2D eigenvalue weighted by atomic mass is 10.1. The highest BCUT2D eigenvalue weighted by atomic mass is 16.5. The molecule has 1 aromatic rings. The van der Waals surface area contributed by atoms with Crippen molar-refractivity contribution in [3.8, 4) is 0 Å². The molecule has 0 aliphatic heterocycles. The number of carbonyl (C=O) groups is 1. The topological polar surface area (TPSA) is 64.5 Å². The van der Waals surface area contributed by atoms with Crippen LogP contribution in [0.2, 0.25) is 0 Å². The maximum absolute atomic E-state index is 12.0. The third-order valence-corrected chi connectivity index (χ3v) is 3.16. The zero-order valence-electron chi connectivity index (χ0n) is 13.8. The van der Waals surface area contributed by atoms with Crippen LogP contribution in [-0.4, -0.2) is 48.8 Å². The van der Waals surface area contributed by atoms with Crippen molar-refractivity contribution in [3.63, 3.8) is 0 Å². The molecule has 0 fully saturated rings. The fourth-order valence-corrected chi connectivity index (χ4v) is 1.93. The molecular formula is C15H25N3O3. The van der Waals surface area contributed by atoms with Gasteiger partial charge in [-0.15, -0.1) is 0 Å². The largest absolute Gasteiger partial charge is 0.462 e. The maximum atomic E-state index is 12.0. The molecule has 0 bridgehead atoms. The van der Waals surface area contributed by atoms with Gasteiger partial charge in [0, 0.05) is 33.3 Å². The molecule has 0 N–H and O–H groups in total. The molecule has 6 nitrogen and oxygen atoms in total. The van der Waals surface area contributed by atoms with Gasteiger partial charge in [-0.2, -0.15) is 0 Å². The second kappa shape index (κ2) is 7.36. The molecule has 1 rings (SSSR count). The van der Waals surface area contributed by atoms with Gasteiger partial charge < -0.3 is 14.4 Å². The van der Waals surface area contributed by atoms with Gasteiger partial charge >= 0.3 is 5.97 Å². The molecule has 0 saturated carbocycles. The number of nitrogens with zero attached hydrogens (tertiary/aromatic N) is 3. The number of hydrogen-bond donors (Lipinski definition) is 0. The summed E-state index contributed by atoms with van der Waals surface area (Å²) in [5.41, 5.74) is 0.0290. The van der Waals surface area contributed by atoms with Crippen LogP contribution in [-0.2, 0) is 15.9 Å². The van der Waals surface area contributed by atoms with Gasteiger partial charge in [-0.05, 0) is 20.8 Å². The van der Waals surface area contributed by atoms with Gasteiger partial charge in [-0.3, -0.25) is 0 Å². The van der Waals surface area contributed by atoms with E-state index in [0.29, 0.717) is 36.8 Å². The summed E-state index contributed by atoms with van der Waals surface area (Å²) in [6.45, 7) is 8.63. The van der Waals surface area contributed by atoms with E-state index in [2.05, 4.69) is 9.97 Å². The maximum Gasteiger partial charge on any atom is 0.343 e. The van der Waals surface area contributed by atoms with E-state index < -0.39 is 5.97 Å². The number of ether oxygens (including phenoxy) is 2. The van der Waals surface area contributed by atoms with E-state index in [1.165, 1.54) is 6.20 Å². The first-order chi connectivity index (χ1) is 9.84. The summed E-state index contributed by atoms with van der Waals surface area (Å²) in [7, 11) is 3.54. The number of hydrogen-bond acceptors (Lipinski definition) is 6. The van der Waals surface area contributed by atoms with Crippen LogP contribution in [0.1, 0.15) is 43.9 Å². The third kappa shape index (κ3) is 4.67. The lowest BCUT2D eigenvalue weighted by Gasteiger charge is -2.30. The van der Waals surface area contributed by atoms with Crippen molar-refractivity contribution in [2.24, 2.45) is 0 Å². The van der Waals surface area contributed by atoms with E-state index in [-0.39, 0.29) is 5.60 Å². The number of anilines is 1. The lowest BCUT2D eigenvalue weighted by molar-refractivity contribution is 0.0296. The third-order valence-electron chi connectivity index (χ3n) is 3.16. The van der Waals surface area contributed by atoms with E-state index in [1.54, 1.807) is 14.0 Å². The fraction of sp³-hybridized carbons (Fsp3) is 0.667. The van der Waals surface area contributed by atoms with Gasteiger partial charge in [0.25, 0.3) is 0 Å². The minimum atomic E-state index is -0.405. The first-order valence-electron chi connectivity index (χ1n) is 7.14. The van der Waals surface area contributed by atoms with Crippen molar-refractivity contribution in [2.75, 3.05) is 32.2 Å². The Bertz CT molecular complexity index is 489. The molecule has 0 radical (unpaired) electrons. The van der Waals surface area contributed by atoms with Crippen LogP contribution < -0.4 is 4.90 Å². The SMILES string of the molecule is CCOC(=O)c1cnc(CC)nc1N(C)CC(C)(C)OC. The average Bonchev–Trinajstić information content (AvgIpc) is 2.46. The van der Waals surface area contributed by atoms with Gasteiger partial charge in [0.05, 0.1) is 12.2 Å². The van der Waals surface area contributed by atoms with Crippen LogP contribution in [0, 0.1) is 0 Å². The molecule has 0 aliphatic rings. The highest BCUT2D eigenvalue weighted by molar-refractivity contribution is 5.94. The summed E-state index contributed by atoms with van der Waals surface area (Å²) in [4.78, 5) is 22.6. The quantitative estimate of drug-likeness (QED) is 0.718. The summed E-state index contributed by atoms with van der Waals surface area (Å²) in [6, 6.07) is 0. The molecule has 0 saturated heterocycles. The Kier molecular flexibility index (Phi) is 6.08. The number of carbonyl (C=O) groups excluding carboxylic acids is 1. The first kappa shape index (κ1) is 17.4. The van der Waals surface area contributed by atoms with Crippen molar-refractivity contribution in [1.29, 1.82) is 0 Å². The second-order valence-electron chi connectivity index (χ2n) is 5.42. The Morgan fingerprint density at radius 3 is 2.57 bits per heavy atom.